The van der Waals surface area contributed by atoms with Gasteiger partial charge in [-0.2, -0.15) is 0 Å². The number of aromatic nitrogens is 1. The Balaban J connectivity index is 1.89. The van der Waals surface area contributed by atoms with Gasteiger partial charge in [-0.3, -0.25) is 14.6 Å². The van der Waals surface area contributed by atoms with E-state index in [-0.39, 0.29) is 23.3 Å². The highest BCUT2D eigenvalue weighted by atomic mass is 16.5. The van der Waals surface area contributed by atoms with E-state index in [4.69, 9.17) is 9.47 Å². The molecule has 3 aromatic rings. The van der Waals surface area contributed by atoms with Crippen molar-refractivity contribution >= 4 is 17.4 Å². The minimum absolute atomic E-state index is 0.00127. The number of Topliss-reactive ketones (excluding diaryl/α,β-unsaturated/α-hetero) is 1. The summed E-state index contributed by atoms with van der Waals surface area (Å²) in [5.74, 6) is -0.436. The van der Waals surface area contributed by atoms with Gasteiger partial charge < -0.3 is 19.5 Å². The number of rotatable bonds is 6. The first-order valence-corrected chi connectivity index (χ1v) is 11.7. The number of para-hydroxylation sites is 1. The van der Waals surface area contributed by atoms with Gasteiger partial charge in [0.15, 0.2) is 0 Å². The second-order valence-electron chi connectivity index (χ2n) is 9.66. The highest BCUT2D eigenvalue weighted by Gasteiger charge is 2.47. The van der Waals surface area contributed by atoms with E-state index < -0.39 is 17.7 Å². The van der Waals surface area contributed by atoms with E-state index in [1.165, 1.54) is 4.90 Å². The summed E-state index contributed by atoms with van der Waals surface area (Å²) in [6.45, 7) is 6.22. The first-order chi connectivity index (χ1) is 17.2. The Morgan fingerprint density at radius 2 is 1.67 bits per heavy atom. The first kappa shape index (κ1) is 25.0. The average Bonchev–Trinajstić information content (AvgIpc) is 3.13. The third-order valence-corrected chi connectivity index (χ3v) is 6.32. The smallest absolute Gasteiger partial charge is 0.296 e. The van der Waals surface area contributed by atoms with Gasteiger partial charge in [0, 0.05) is 22.9 Å². The van der Waals surface area contributed by atoms with Crippen LogP contribution in [0.15, 0.2) is 72.4 Å². The van der Waals surface area contributed by atoms with Crippen molar-refractivity contribution < 1.29 is 24.2 Å². The lowest BCUT2D eigenvalue weighted by atomic mass is 9.84. The van der Waals surface area contributed by atoms with Crippen molar-refractivity contribution in [1.82, 2.24) is 9.88 Å². The van der Waals surface area contributed by atoms with Crippen LogP contribution in [-0.4, -0.2) is 40.9 Å². The zero-order valence-corrected chi connectivity index (χ0v) is 21.1. The van der Waals surface area contributed by atoms with Gasteiger partial charge in [-0.15, -0.1) is 0 Å². The predicted molar refractivity (Wildman–Crippen MR) is 137 cm³/mol. The van der Waals surface area contributed by atoms with Crippen molar-refractivity contribution in [2.24, 2.45) is 0 Å². The van der Waals surface area contributed by atoms with Crippen molar-refractivity contribution in [2.45, 2.75) is 38.8 Å². The van der Waals surface area contributed by atoms with E-state index >= 15 is 0 Å². The van der Waals surface area contributed by atoms with Crippen LogP contribution in [0.4, 0.5) is 0 Å². The largest absolute Gasteiger partial charge is 0.507 e. The molecule has 0 radical (unpaired) electrons. The van der Waals surface area contributed by atoms with Crippen molar-refractivity contribution in [3.8, 4) is 11.5 Å². The predicted octanol–water partition coefficient (Wildman–Crippen LogP) is 5.02. The molecule has 0 saturated carbocycles. The molecule has 1 aromatic heterocycles. The number of amides is 1. The van der Waals surface area contributed by atoms with Gasteiger partial charge in [-0.05, 0) is 41.8 Å². The number of aliphatic hydroxyl groups excluding tert-OH is 1. The van der Waals surface area contributed by atoms with Crippen molar-refractivity contribution in [2.75, 3.05) is 14.2 Å². The Morgan fingerprint density at radius 3 is 2.31 bits per heavy atom. The molecule has 4 rings (SSSR count). The Morgan fingerprint density at radius 1 is 0.972 bits per heavy atom. The number of hydrogen-bond donors (Lipinski definition) is 1. The summed E-state index contributed by atoms with van der Waals surface area (Å²) in [6.07, 6.45) is 1.60. The Kier molecular flexibility index (Phi) is 6.84. The molecule has 0 aliphatic carbocycles. The molecule has 1 amide bonds. The fraction of sp³-hybridized carbons (Fsp3) is 0.276. The minimum atomic E-state index is -0.865. The molecular weight excluding hydrogens is 456 g/mol. The van der Waals surface area contributed by atoms with Gasteiger partial charge in [0.2, 0.25) is 0 Å². The van der Waals surface area contributed by atoms with Crippen LogP contribution in [0, 0.1) is 0 Å². The van der Waals surface area contributed by atoms with Gasteiger partial charge in [0.25, 0.3) is 11.7 Å². The van der Waals surface area contributed by atoms with Crippen molar-refractivity contribution in [1.29, 1.82) is 0 Å². The fourth-order valence-corrected chi connectivity index (χ4v) is 4.50. The number of carbonyl (C=O) groups is 2. The molecule has 1 N–H and O–H groups in total. The third-order valence-electron chi connectivity index (χ3n) is 6.32. The molecule has 0 spiro atoms. The van der Waals surface area contributed by atoms with E-state index in [9.17, 15) is 14.7 Å². The van der Waals surface area contributed by atoms with E-state index in [1.807, 2.05) is 39.0 Å². The van der Waals surface area contributed by atoms with Gasteiger partial charge in [0.1, 0.15) is 23.3 Å². The van der Waals surface area contributed by atoms with E-state index in [0.29, 0.717) is 22.8 Å². The van der Waals surface area contributed by atoms with E-state index in [2.05, 4.69) is 4.98 Å². The Hall–Kier alpha value is -4.13. The molecule has 2 heterocycles. The maximum Gasteiger partial charge on any atom is 0.296 e. The molecule has 7 heteroatoms. The van der Waals surface area contributed by atoms with Crippen LogP contribution in [-0.2, 0) is 21.5 Å². The number of pyridine rings is 1. The number of ether oxygens (including phenoxy) is 2. The zero-order valence-electron chi connectivity index (χ0n) is 21.1. The van der Waals surface area contributed by atoms with Crippen molar-refractivity contribution in [3.63, 3.8) is 0 Å². The van der Waals surface area contributed by atoms with Gasteiger partial charge in [-0.1, -0.05) is 45.0 Å². The molecule has 36 heavy (non-hydrogen) atoms. The van der Waals surface area contributed by atoms with Gasteiger partial charge in [-0.25, -0.2) is 0 Å². The lowest BCUT2D eigenvalue weighted by Gasteiger charge is -2.26. The number of aliphatic hydroxyl groups is 1. The standard InChI is InChI=1S/C29H30N2O5/c1-29(2,3)20-16-18(13-14-23(20)36-5)26(32)24-25(21-11-8-9-15-30-21)31(28(34)27(24)33)17-19-10-6-7-12-22(19)35-4/h6-16,25,32H,17H2,1-5H3/b26-24-. The van der Waals surface area contributed by atoms with Gasteiger partial charge >= 0.3 is 0 Å². The number of likely N-dealkylation sites (tertiary alicyclic amines) is 1. The Bertz CT molecular complexity index is 1320. The lowest BCUT2D eigenvalue weighted by molar-refractivity contribution is -0.140. The summed E-state index contributed by atoms with van der Waals surface area (Å²) in [5, 5.41) is 11.5. The topological polar surface area (TPSA) is 89.0 Å². The fourth-order valence-electron chi connectivity index (χ4n) is 4.50. The molecule has 1 aliphatic heterocycles. The summed E-state index contributed by atoms with van der Waals surface area (Å²) >= 11 is 0. The van der Waals surface area contributed by atoms with Crippen LogP contribution in [0.3, 0.4) is 0 Å². The summed E-state index contributed by atoms with van der Waals surface area (Å²) in [5.41, 5.74) is 2.24. The lowest BCUT2D eigenvalue weighted by Crippen LogP contribution is -2.29. The maximum absolute atomic E-state index is 13.4. The molecule has 7 nitrogen and oxygen atoms in total. The normalized spacial score (nSPS) is 17.4. The van der Waals surface area contributed by atoms with E-state index in [0.717, 1.165) is 11.1 Å². The SMILES string of the molecule is COc1ccccc1CN1C(=O)C(=O)/C(=C(\O)c2ccc(OC)c(C(C)(C)C)c2)C1c1ccccn1. The number of ketones is 1. The number of benzene rings is 2. The molecule has 0 bridgehead atoms. The minimum Gasteiger partial charge on any atom is -0.507 e. The summed E-state index contributed by atoms with van der Waals surface area (Å²) < 4.78 is 11.0. The number of hydrogen-bond acceptors (Lipinski definition) is 6. The summed E-state index contributed by atoms with van der Waals surface area (Å²) in [6, 6.07) is 17.0. The zero-order chi connectivity index (χ0) is 26.0. The van der Waals surface area contributed by atoms with Crippen LogP contribution in [0.2, 0.25) is 0 Å². The molecule has 1 aliphatic rings. The molecule has 1 unspecified atom stereocenters. The van der Waals surface area contributed by atoms with Crippen molar-refractivity contribution in [3.05, 3.63) is 94.8 Å². The highest BCUT2D eigenvalue weighted by molar-refractivity contribution is 6.46. The molecule has 1 saturated heterocycles. The van der Waals surface area contributed by atoms with Crippen LogP contribution < -0.4 is 9.47 Å². The monoisotopic (exact) mass is 486 g/mol. The molecular formula is C29H30N2O5. The van der Waals surface area contributed by atoms with Crippen LogP contribution >= 0.6 is 0 Å². The quantitative estimate of drug-likeness (QED) is 0.299. The van der Waals surface area contributed by atoms with Crippen LogP contribution in [0.5, 0.6) is 11.5 Å². The number of carbonyl (C=O) groups excluding carboxylic acids is 2. The van der Waals surface area contributed by atoms with E-state index in [1.54, 1.807) is 62.9 Å². The molecule has 2 aromatic carbocycles. The highest BCUT2D eigenvalue weighted by Crippen LogP contribution is 2.41. The second-order valence-corrected chi connectivity index (χ2v) is 9.66. The number of methoxy groups -OCH3 is 2. The third kappa shape index (κ3) is 4.56. The molecule has 1 fully saturated rings. The number of nitrogens with zero attached hydrogens (tertiary/aromatic N) is 2. The Labute approximate surface area is 211 Å². The first-order valence-electron chi connectivity index (χ1n) is 11.7. The molecule has 1 atom stereocenters. The van der Waals surface area contributed by atoms with Crippen LogP contribution in [0.1, 0.15) is 49.2 Å². The summed E-state index contributed by atoms with van der Waals surface area (Å²) in [4.78, 5) is 32.5. The van der Waals surface area contributed by atoms with Gasteiger partial charge in [0.05, 0.1) is 32.0 Å². The average molecular weight is 487 g/mol. The second kappa shape index (κ2) is 9.85. The summed E-state index contributed by atoms with van der Waals surface area (Å²) in [7, 11) is 3.15. The molecule has 186 valence electrons. The van der Waals surface area contributed by atoms with Crippen LogP contribution in [0.25, 0.3) is 5.76 Å². The maximum atomic E-state index is 13.4.